The minimum absolute atomic E-state index is 0.0200. The summed E-state index contributed by atoms with van der Waals surface area (Å²) in [4.78, 5) is 11.6. The molecule has 0 radical (unpaired) electrons. The number of Topliss-reactive ketones (excluding diaryl/α,β-unsaturated/α-hetero) is 1. The number of hydrogen-bond acceptors (Lipinski definition) is 3. The molecule has 0 fully saturated rings. The van der Waals surface area contributed by atoms with Gasteiger partial charge in [0.2, 0.25) is 0 Å². The second-order valence-corrected chi connectivity index (χ2v) is 4.20. The lowest BCUT2D eigenvalue weighted by molar-refractivity contribution is -0.118. The van der Waals surface area contributed by atoms with Crippen molar-refractivity contribution in [2.45, 2.75) is 32.2 Å². The molecule has 1 unspecified atom stereocenters. The molecular formula is C13H18FNO2. The van der Waals surface area contributed by atoms with E-state index in [0.717, 1.165) is 0 Å². The van der Waals surface area contributed by atoms with Crippen LogP contribution in [0.3, 0.4) is 0 Å². The Morgan fingerprint density at radius 3 is 2.76 bits per heavy atom. The standard InChI is InChI=1S/C13H18FNO2/c1-9(15)3-5-11(16)7-10-4-6-13(17-2)12(14)8-10/h4,6,8-9H,3,5,7,15H2,1-2H3. The van der Waals surface area contributed by atoms with Gasteiger partial charge in [-0.3, -0.25) is 4.79 Å². The SMILES string of the molecule is COc1ccc(CC(=O)CCC(C)N)cc1F. The zero-order chi connectivity index (χ0) is 12.8. The van der Waals surface area contributed by atoms with Gasteiger partial charge in [0, 0.05) is 18.9 Å². The van der Waals surface area contributed by atoms with E-state index in [4.69, 9.17) is 10.5 Å². The molecule has 0 amide bonds. The molecule has 1 aromatic carbocycles. The Balaban J connectivity index is 2.57. The molecule has 94 valence electrons. The molecular weight excluding hydrogens is 221 g/mol. The topological polar surface area (TPSA) is 52.3 Å². The van der Waals surface area contributed by atoms with Crippen molar-refractivity contribution in [3.63, 3.8) is 0 Å². The summed E-state index contributed by atoms with van der Waals surface area (Å²) in [5.41, 5.74) is 6.23. The van der Waals surface area contributed by atoms with Crippen LogP contribution in [-0.4, -0.2) is 18.9 Å². The minimum atomic E-state index is -0.440. The molecule has 17 heavy (non-hydrogen) atoms. The van der Waals surface area contributed by atoms with Crippen LogP contribution in [0.25, 0.3) is 0 Å². The van der Waals surface area contributed by atoms with E-state index in [1.807, 2.05) is 6.92 Å². The number of ketones is 1. The zero-order valence-corrected chi connectivity index (χ0v) is 10.2. The third-order valence-corrected chi connectivity index (χ3v) is 2.50. The van der Waals surface area contributed by atoms with E-state index in [0.29, 0.717) is 18.4 Å². The Labute approximate surface area is 101 Å². The van der Waals surface area contributed by atoms with E-state index in [2.05, 4.69) is 0 Å². The van der Waals surface area contributed by atoms with Crippen LogP contribution in [0.2, 0.25) is 0 Å². The van der Waals surface area contributed by atoms with E-state index in [9.17, 15) is 9.18 Å². The van der Waals surface area contributed by atoms with Crippen LogP contribution in [0.4, 0.5) is 4.39 Å². The summed E-state index contributed by atoms with van der Waals surface area (Å²) < 4.78 is 18.2. The highest BCUT2D eigenvalue weighted by Crippen LogP contribution is 2.18. The van der Waals surface area contributed by atoms with Crippen molar-refractivity contribution in [3.8, 4) is 5.75 Å². The lowest BCUT2D eigenvalue weighted by Gasteiger charge is -2.06. The van der Waals surface area contributed by atoms with Crippen molar-refractivity contribution in [2.24, 2.45) is 5.73 Å². The number of halogens is 1. The first kappa shape index (κ1) is 13.6. The zero-order valence-electron chi connectivity index (χ0n) is 10.2. The Hall–Kier alpha value is -1.42. The maximum Gasteiger partial charge on any atom is 0.165 e. The molecule has 0 saturated heterocycles. The van der Waals surface area contributed by atoms with Crippen molar-refractivity contribution in [1.82, 2.24) is 0 Å². The van der Waals surface area contributed by atoms with Crippen molar-refractivity contribution in [2.75, 3.05) is 7.11 Å². The second-order valence-electron chi connectivity index (χ2n) is 4.20. The first-order valence-electron chi connectivity index (χ1n) is 5.62. The van der Waals surface area contributed by atoms with Crippen molar-refractivity contribution in [1.29, 1.82) is 0 Å². The molecule has 4 heteroatoms. The third-order valence-electron chi connectivity index (χ3n) is 2.50. The van der Waals surface area contributed by atoms with Crippen LogP contribution in [0.15, 0.2) is 18.2 Å². The predicted octanol–water partition coefficient (Wildman–Crippen LogP) is 2.07. The van der Waals surface area contributed by atoms with E-state index in [1.165, 1.54) is 19.2 Å². The van der Waals surface area contributed by atoms with Gasteiger partial charge in [-0.15, -0.1) is 0 Å². The summed E-state index contributed by atoms with van der Waals surface area (Å²) in [6.45, 7) is 1.86. The largest absolute Gasteiger partial charge is 0.494 e. The Morgan fingerprint density at radius 1 is 1.53 bits per heavy atom. The number of methoxy groups -OCH3 is 1. The fourth-order valence-corrected chi connectivity index (χ4v) is 1.52. The fraction of sp³-hybridized carbons (Fsp3) is 0.462. The Kier molecular flexibility index (Phi) is 5.10. The minimum Gasteiger partial charge on any atom is -0.494 e. The summed E-state index contributed by atoms with van der Waals surface area (Å²) in [5, 5.41) is 0. The highest BCUT2D eigenvalue weighted by atomic mass is 19.1. The number of benzene rings is 1. The maximum atomic E-state index is 13.4. The van der Waals surface area contributed by atoms with E-state index >= 15 is 0 Å². The van der Waals surface area contributed by atoms with Crippen molar-refractivity contribution >= 4 is 5.78 Å². The average molecular weight is 239 g/mol. The van der Waals surface area contributed by atoms with Gasteiger partial charge in [0.25, 0.3) is 0 Å². The van der Waals surface area contributed by atoms with Gasteiger partial charge in [-0.05, 0) is 31.0 Å². The fourth-order valence-electron chi connectivity index (χ4n) is 1.52. The first-order valence-corrected chi connectivity index (χ1v) is 5.62. The summed E-state index contributed by atoms with van der Waals surface area (Å²) in [5.74, 6) is -0.173. The number of ether oxygens (including phenoxy) is 1. The number of carbonyl (C=O) groups is 1. The molecule has 1 rings (SSSR count). The molecule has 3 nitrogen and oxygen atoms in total. The lowest BCUT2D eigenvalue weighted by atomic mass is 10.0. The van der Waals surface area contributed by atoms with Gasteiger partial charge < -0.3 is 10.5 Å². The van der Waals surface area contributed by atoms with E-state index in [-0.39, 0.29) is 24.0 Å². The van der Waals surface area contributed by atoms with Crippen LogP contribution >= 0.6 is 0 Å². The summed E-state index contributed by atoms with van der Waals surface area (Å²) >= 11 is 0. The van der Waals surface area contributed by atoms with Crippen LogP contribution < -0.4 is 10.5 Å². The van der Waals surface area contributed by atoms with Crippen molar-refractivity contribution in [3.05, 3.63) is 29.6 Å². The van der Waals surface area contributed by atoms with Crippen LogP contribution in [0.5, 0.6) is 5.75 Å². The molecule has 0 aliphatic heterocycles. The van der Waals surface area contributed by atoms with Crippen LogP contribution in [-0.2, 0) is 11.2 Å². The third kappa shape index (κ3) is 4.53. The normalized spacial score (nSPS) is 12.2. The van der Waals surface area contributed by atoms with Crippen molar-refractivity contribution < 1.29 is 13.9 Å². The molecule has 0 heterocycles. The van der Waals surface area contributed by atoms with Crippen LogP contribution in [0, 0.1) is 5.82 Å². The average Bonchev–Trinajstić information content (AvgIpc) is 2.26. The van der Waals surface area contributed by atoms with Gasteiger partial charge >= 0.3 is 0 Å². The van der Waals surface area contributed by atoms with E-state index < -0.39 is 5.82 Å². The molecule has 0 aromatic heterocycles. The van der Waals surface area contributed by atoms with E-state index in [1.54, 1.807) is 6.07 Å². The molecule has 0 bridgehead atoms. The van der Waals surface area contributed by atoms with Gasteiger partial charge in [-0.1, -0.05) is 6.07 Å². The molecule has 1 aromatic rings. The quantitative estimate of drug-likeness (QED) is 0.826. The number of rotatable bonds is 6. The number of hydrogen-bond donors (Lipinski definition) is 1. The molecule has 2 N–H and O–H groups in total. The predicted molar refractivity (Wildman–Crippen MR) is 64.5 cm³/mol. The molecule has 0 saturated carbocycles. The highest BCUT2D eigenvalue weighted by Gasteiger charge is 2.08. The lowest BCUT2D eigenvalue weighted by Crippen LogP contribution is -2.17. The van der Waals surface area contributed by atoms with Crippen LogP contribution in [0.1, 0.15) is 25.3 Å². The Bertz CT molecular complexity index is 391. The van der Waals surface area contributed by atoms with Gasteiger partial charge in [-0.2, -0.15) is 0 Å². The molecule has 0 spiro atoms. The highest BCUT2D eigenvalue weighted by molar-refractivity contribution is 5.80. The molecule has 1 atom stereocenters. The first-order chi connectivity index (χ1) is 8.02. The summed E-state index contributed by atoms with van der Waals surface area (Å²) in [6, 6.07) is 4.59. The maximum absolute atomic E-state index is 13.4. The van der Waals surface area contributed by atoms with Gasteiger partial charge in [0.15, 0.2) is 11.6 Å². The molecule has 0 aliphatic carbocycles. The smallest absolute Gasteiger partial charge is 0.165 e. The summed E-state index contributed by atoms with van der Waals surface area (Å²) in [7, 11) is 1.41. The Morgan fingerprint density at radius 2 is 2.24 bits per heavy atom. The number of carbonyl (C=O) groups excluding carboxylic acids is 1. The van der Waals surface area contributed by atoms with Gasteiger partial charge in [0.1, 0.15) is 5.78 Å². The number of nitrogens with two attached hydrogens (primary N) is 1. The molecule has 0 aliphatic rings. The van der Waals surface area contributed by atoms with Gasteiger partial charge in [-0.25, -0.2) is 4.39 Å². The summed E-state index contributed by atoms with van der Waals surface area (Å²) in [6.07, 6.45) is 1.34. The monoisotopic (exact) mass is 239 g/mol. The van der Waals surface area contributed by atoms with Gasteiger partial charge in [0.05, 0.1) is 7.11 Å². The second kappa shape index (κ2) is 6.35.